The van der Waals surface area contributed by atoms with E-state index < -0.39 is 29.6 Å². The number of anilines is 2. The van der Waals surface area contributed by atoms with Gasteiger partial charge in [-0.1, -0.05) is 18.2 Å². The molecule has 1 heterocycles. The van der Waals surface area contributed by atoms with E-state index in [4.69, 9.17) is 18.9 Å². The van der Waals surface area contributed by atoms with Gasteiger partial charge in [0.25, 0.3) is 0 Å². The second-order valence-corrected chi connectivity index (χ2v) is 9.08. The van der Waals surface area contributed by atoms with Crippen molar-refractivity contribution in [1.29, 1.82) is 0 Å². The monoisotopic (exact) mass is 558 g/mol. The van der Waals surface area contributed by atoms with E-state index in [9.17, 15) is 22.8 Å². The number of benzene rings is 3. The fraction of sp³-hybridized carbons (Fsp3) is 0.310. The molecule has 0 bridgehead atoms. The van der Waals surface area contributed by atoms with Crippen molar-refractivity contribution in [3.63, 3.8) is 0 Å². The standard InChI is InChI=1S/C29H29F3N2O6/c1-37-21-10-8-17(9-11-21)26-22(28(36)33-19-7-5-6-18(14-19)29(30,31)32)12-13-25(35)34(26)20-15-23(38-2)27(40-4)24(16-20)39-3/h5-11,14-16,22,26H,12-13H2,1-4H3,(H,33,36)/t22-,26+/m0/s1. The summed E-state index contributed by atoms with van der Waals surface area (Å²) in [5, 5.41) is 2.63. The summed E-state index contributed by atoms with van der Waals surface area (Å²) >= 11 is 0. The maximum absolute atomic E-state index is 13.6. The summed E-state index contributed by atoms with van der Waals surface area (Å²) in [5.74, 6) is -0.0430. The molecular formula is C29H29F3N2O6. The summed E-state index contributed by atoms with van der Waals surface area (Å²) in [7, 11) is 5.88. The number of nitrogens with one attached hydrogen (secondary N) is 1. The molecule has 0 unspecified atom stereocenters. The molecule has 0 spiro atoms. The molecule has 0 radical (unpaired) electrons. The Labute approximate surface area is 229 Å². The van der Waals surface area contributed by atoms with E-state index in [0.717, 1.165) is 12.1 Å². The van der Waals surface area contributed by atoms with E-state index in [-0.39, 0.29) is 24.4 Å². The number of hydrogen-bond acceptors (Lipinski definition) is 6. The first-order valence-electron chi connectivity index (χ1n) is 12.4. The first-order valence-corrected chi connectivity index (χ1v) is 12.4. The first kappa shape index (κ1) is 28.6. The van der Waals surface area contributed by atoms with Crippen LogP contribution in [0.4, 0.5) is 24.5 Å². The van der Waals surface area contributed by atoms with Gasteiger partial charge in [0.2, 0.25) is 17.6 Å². The van der Waals surface area contributed by atoms with Gasteiger partial charge in [-0.3, -0.25) is 9.59 Å². The molecule has 1 N–H and O–H groups in total. The Balaban J connectivity index is 1.80. The lowest BCUT2D eigenvalue weighted by molar-refractivity contribution is -0.137. The van der Waals surface area contributed by atoms with Crippen LogP contribution in [-0.2, 0) is 15.8 Å². The Hall–Kier alpha value is -4.41. The van der Waals surface area contributed by atoms with E-state index in [1.54, 1.807) is 36.4 Å². The van der Waals surface area contributed by atoms with Crippen LogP contribution in [0.3, 0.4) is 0 Å². The third-order valence-electron chi connectivity index (χ3n) is 6.78. The van der Waals surface area contributed by atoms with Gasteiger partial charge in [-0.15, -0.1) is 0 Å². The molecule has 212 valence electrons. The van der Waals surface area contributed by atoms with E-state index >= 15 is 0 Å². The fourth-order valence-electron chi connectivity index (χ4n) is 4.87. The van der Waals surface area contributed by atoms with E-state index in [1.165, 1.54) is 45.5 Å². The highest BCUT2D eigenvalue weighted by atomic mass is 19.4. The van der Waals surface area contributed by atoms with Gasteiger partial charge in [0.1, 0.15) is 5.75 Å². The molecule has 4 rings (SSSR count). The van der Waals surface area contributed by atoms with Crippen LogP contribution in [0.1, 0.15) is 30.0 Å². The zero-order valence-electron chi connectivity index (χ0n) is 22.4. The fourth-order valence-corrected chi connectivity index (χ4v) is 4.87. The van der Waals surface area contributed by atoms with Crippen LogP contribution in [-0.4, -0.2) is 40.3 Å². The Morgan fingerprint density at radius 3 is 2.10 bits per heavy atom. The van der Waals surface area contributed by atoms with Crippen molar-refractivity contribution >= 4 is 23.2 Å². The second-order valence-electron chi connectivity index (χ2n) is 9.08. The summed E-state index contributed by atoms with van der Waals surface area (Å²) in [6.45, 7) is 0. The van der Waals surface area contributed by atoms with E-state index in [1.807, 2.05) is 0 Å². The summed E-state index contributed by atoms with van der Waals surface area (Å²) in [6.07, 6.45) is -4.35. The van der Waals surface area contributed by atoms with Crippen molar-refractivity contribution in [1.82, 2.24) is 0 Å². The molecule has 1 saturated heterocycles. The van der Waals surface area contributed by atoms with Crippen LogP contribution in [0.15, 0.2) is 60.7 Å². The van der Waals surface area contributed by atoms with Crippen molar-refractivity contribution in [2.75, 3.05) is 38.7 Å². The average Bonchev–Trinajstić information content (AvgIpc) is 2.95. The Bertz CT molecular complexity index is 1350. The molecule has 40 heavy (non-hydrogen) atoms. The molecule has 2 atom stereocenters. The molecule has 1 aliphatic rings. The number of carbonyl (C=O) groups excluding carboxylic acids is 2. The predicted molar refractivity (Wildman–Crippen MR) is 142 cm³/mol. The third kappa shape index (κ3) is 5.78. The number of halogens is 3. The molecule has 1 fully saturated rings. The lowest BCUT2D eigenvalue weighted by Crippen LogP contribution is -2.47. The van der Waals surface area contributed by atoms with Gasteiger partial charge in [-0.25, -0.2) is 0 Å². The topological polar surface area (TPSA) is 86.3 Å². The van der Waals surface area contributed by atoms with Crippen LogP contribution in [0.2, 0.25) is 0 Å². The van der Waals surface area contributed by atoms with Crippen LogP contribution < -0.4 is 29.2 Å². The van der Waals surface area contributed by atoms with Gasteiger partial charge in [0.05, 0.1) is 51.6 Å². The van der Waals surface area contributed by atoms with Gasteiger partial charge >= 0.3 is 6.18 Å². The number of carbonyl (C=O) groups is 2. The maximum atomic E-state index is 13.6. The molecule has 1 aliphatic heterocycles. The van der Waals surface area contributed by atoms with Crippen molar-refractivity contribution in [3.8, 4) is 23.0 Å². The Morgan fingerprint density at radius 2 is 1.55 bits per heavy atom. The second kappa shape index (κ2) is 11.8. The number of rotatable bonds is 8. The van der Waals surface area contributed by atoms with Crippen molar-refractivity contribution < 1.29 is 41.7 Å². The maximum Gasteiger partial charge on any atom is 0.416 e. The molecule has 2 amide bonds. The largest absolute Gasteiger partial charge is 0.497 e. The van der Waals surface area contributed by atoms with E-state index in [0.29, 0.717) is 34.2 Å². The highest BCUT2D eigenvalue weighted by Crippen LogP contribution is 2.46. The number of alkyl halides is 3. The number of methoxy groups -OCH3 is 4. The van der Waals surface area contributed by atoms with Crippen LogP contribution >= 0.6 is 0 Å². The van der Waals surface area contributed by atoms with Crippen molar-refractivity contribution in [2.24, 2.45) is 5.92 Å². The predicted octanol–water partition coefficient (Wildman–Crippen LogP) is 5.86. The highest BCUT2D eigenvalue weighted by molar-refractivity contribution is 6.00. The third-order valence-corrected chi connectivity index (χ3v) is 6.78. The number of piperidine rings is 1. The highest BCUT2D eigenvalue weighted by Gasteiger charge is 2.42. The number of amides is 2. The molecular weight excluding hydrogens is 529 g/mol. The van der Waals surface area contributed by atoms with Gasteiger partial charge < -0.3 is 29.2 Å². The minimum atomic E-state index is -4.56. The normalized spacial score (nSPS) is 17.3. The first-order chi connectivity index (χ1) is 19.1. The van der Waals surface area contributed by atoms with Crippen LogP contribution in [0.5, 0.6) is 23.0 Å². The number of hydrogen-bond donors (Lipinski definition) is 1. The summed E-state index contributed by atoms with van der Waals surface area (Å²) in [4.78, 5) is 28.6. The molecule has 3 aromatic rings. The summed E-state index contributed by atoms with van der Waals surface area (Å²) in [6, 6.07) is 13.8. The summed E-state index contributed by atoms with van der Waals surface area (Å²) in [5.41, 5.74) is 0.156. The number of ether oxygens (including phenoxy) is 4. The lowest BCUT2D eigenvalue weighted by Gasteiger charge is -2.41. The molecule has 8 nitrogen and oxygen atoms in total. The molecule has 0 saturated carbocycles. The van der Waals surface area contributed by atoms with Crippen molar-refractivity contribution in [2.45, 2.75) is 25.1 Å². The van der Waals surface area contributed by atoms with E-state index in [2.05, 4.69) is 5.32 Å². The minimum absolute atomic E-state index is 0.00421. The zero-order chi connectivity index (χ0) is 29.0. The average molecular weight is 559 g/mol. The van der Waals surface area contributed by atoms with Gasteiger partial charge in [-0.2, -0.15) is 13.2 Å². The Kier molecular flexibility index (Phi) is 8.41. The Morgan fingerprint density at radius 1 is 0.900 bits per heavy atom. The number of nitrogens with zero attached hydrogens (tertiary/aromatic N) is 1. The quantitative estimate of drug-likeness (QED) is 0.373. The molecule has 0 aliphatic carbocycles. The molecule has 0 aromatic heterocycles. The van der Waals surface area contributed by atoms with Crippen LogP contribution in [0, 0.1) is 5.92 Å². The van der Waals surface area contributed by atoms with Gasteiger partial charge in [-0.05, 0) is 42.3 Å². The molecule has 3 aromatic carbocycles. The smallest absolute Gasteiger partial charge is 0.416 e. The van der Waals surface area contributed by atoms with Gasteiger partial charge in [0, 0.05) is 24.2 Å². The van der Waals surface area contributed by atoms with Gasteiger partial charge in [0.15, 0.2) is 11.5 Å². The molecule has 11 heteroatoms. The lowest BCUT2D eigenvalue weighted by atomic mass is 9.83. The van der Waals surface area contributed by atoms with Crippen LogP contribution in [0.25, 0.3) is 0 Å². The minimum Gasteiger partial charge on any atom is -0.497 e. The summed E-state index contributed by atoms with van der Waals surface area (Å²) < 4.78 is 61.4. The SMILES string of the molecule is COc1ccc([C@@H]2[C@@H](C(=O)Nc3cccc(C(F)(F)F)c3)CCC(=O)N2c2cc(OC)c(OC)c(OC)c2)cc1. The van der Waals surface area contributed by atoms with Crippen molar-refractivity contribution in [3.05, 3.63) is 71.8 Å². The zero-order valence-corrected chi connectivity index (χ0v) is 22.4.